The number of phenolic OH excluding ortho intramolecular Hbond substituents is 1. The molecule has 7 rings (SSSR count). The second-order valence-corrected chi connectivity index (χ2v) is 11.7. The Morgan fingerprint density at radius 2 is 1.33 bits per heavy atom. The van der Waals surface area contributed by atoms with Crippen LogP contribution < -0.4 is 10.1 Å². The van der Waals surface area contributed by atoms with E-state index in [1.807, 2.05) is 104 Å². The van der Waals surface area contributed by atoms with Gasteiger partial charge >= 0.3 is 10.1 Å². The molecule has 0 bridgehead atoms. The van der Waals surface area contributed by atoms with E-state index in [4.69, 9.17) is 0 Å². The minimum atomic E-state index is -0.160. The smallest absolute Gasteiger partial charge is 0.872 e. The van der Waals surface area contributed by atoms with E-state index in [1.165, 1.54) is 16.5 Å². The molecule has 7 aromatic rings. The summed E-state index contributed by atoms with van der Waals surface area (Å²) in [4.78, 5) is 4.32. The molecule has 0 aliphatic heterocycles. The normalized spacial score (nSPS) is 10.7. The van der Waals surface area contributed by atoms with E-state index in [0.717, 1.165) is 48.1 Å². The number of nitrogens with zero attached hydrogens (tertiary/aromatic N) is 1. The standard InChI is InChI=1S/C18H14NOS.C17H11NOS.Be/c1-12-6-2-5-9-17(12)21-18(19)15-10-13-7-3-4-8-14(13)11-16(15)20;19-15-10-12-6-2-1-5-11(12)9-13(15)17-18-14-7-3-4-8-16(14)20-17;/h2-11,20H,1H3;1-10,19H;/q-1;;+2. The average Bonchev–Trinajstić information content (AvgIpc) is 3.42. The van der Waals surface area contributed by atoms with Gasteiger partial charge in [-0.3, -0.25) is 0 Å². The van der Waals surface area contributed by atoms with Crippen molar-refractivity contribution in [1.82, 2.24) is 0 Å². The monoisotopic (exact) mass is 578 g/mol. The molecule has 6 aromatic carbocycles. The zero-order valence-electron chi connectivity index (χ0n) is 22.9. The van der Waals surface area contributed by atoms with Crippen molar-refractivity contribution in [2.24, 2.45) is 0 Å². The molecule has 0 amide bonds. The molecule has 0 aliphatic rings. The van der Waals surface area contributed by atoms with Gasteiger partial charge in [0.15, 0.2) is 0 Å². The minimum Gasteiger partial charge on any atom is -0.872 e. The van der Waals surface area contributed by atoms with Gasteiger partial charge in [-0.05, 0) is 69.9 Å². The van der Waals surface area contributed by atoms with E-state index in [1.54, 1.807) is 23.5 Å². The summed E-state index contributed by atoms with van der Waals surface area (Å²) in [6.45, 7) is 1.98. The van der Waals surface area contributed by atoms with Crippen LogP contribution in [0.5, 0.6) is 11.5 Å². The molecule has 2 N–H and O–H groups in total. The number of phenols is 1. The molecule has 1 aromatic heterocycles. The minimum absolute atomic E-state index is 0. The number of thiazole rings is 1. The van der Waals surface area contributed by atoms with E-state index >= 15 is 0 Å². The summed E-state index contributed by atoms with van der Waals surface area (Å²) in [5.41, 5.74) is 3.37. The number of benzene rings is 6. The Bertz CT molecular complexity index is 2020. The Labute approximate surface area is 256 Å². The first-order valence-electron chi connectivity index (χ1n) is 13.1. The first kappa shape index (κ1) is 29.0. The van der Waals surface area contributed by atoms with Gasteiger partial charge in [-0.25, -0.2) is 0 Å². The average molecular weight is 579 g/mol. The van der Waals surface area contributed by atoms with Gasteiger partial charge in [0.05, 0.1) is 5.56 Å². The van der Waals surface area contributed by atoms with Crippen LogP contribution in [0.25, 0.3) is 47.7 Å². The Balaban J connectivity index is 0.000000164. The number of thioether (sulfide) groups is 1. The Hall–Kier alpha value is -4.48. The summed E-state index contributed by atoms with van der Waals surface area (Å²) in [6, 6.07) is 38.8. The molecule has 42 heavy (non-hydrogen) atoms. The summed E-state index contributed by atoms with van der Waals surface area (Å²) in [7, 11) is 0. The van der Waals surface area contributed by atoms with Crippen LogP contribution in [-0.2, 0) is 0 Å². The molecule has 1 heterocycles. The van der Waals surface area contributed by atoms with Crippen LogP contribution in [0.1, 0.15) is 11.1 Å². The van der Waals surface area contributed by atoms with Crippen LogP contribution in [0.3, 0.4) is 0 Å². The maximum Gasteiger partial charge on any atom is 2.00 e. The molecule has 0 atom stereocenters. The fraction of sp³-hybridized carbons (Fsp3) is 0.0286. The summed E-state index contributed by atoms with van der Waals surface area (Å²) in [5.74, 6) is 0.152. The van der Waals surface area contributed by atoms with Crippen molar-refractivity contribution in [1.29, 1.82) is 0 Å². The number of aromatic hydroxyl groups is 1. The molecule has 7 heteroatoms. The van der Waals surface area contributed by atoms with E-state index in [0.29, 0.717) is 11.3 Å². The molecule has 0 aliphatic carbocycles. The van der Waals surface area contributed by atoms with Gasteiger partial charge in [-0.15, -0.1) is 22.6 Å². The fourth-order valence-corrected chi connectivity index (χ4v) is 6.55. The van der Waals surface area contributed by atoms with Gasteiger partial charge < -0.3 is 15.6 Å². The van der Waals surface area contributed by atoms with Crippen molar-refractivity contribution >= 4 is 70.0 Å². The Morgan fingerprint density at radius 1 is 0.762 bits per heavy atom. The van der Waals surface area contributed by atoms with Crippen molar-refractivity contribution in [2.75, 3.05) is 0 Å². The maximum atomic E-state index is 12.2. The van der Waals surface area contributed by atoms with Crippen molar-refractivity contribution in [2.45, 2.75) is 11.8 Å². The number of aromatic nitrogens is 1. The van der Waals surface area contributed by atoms with E-state index in [-0.39, 0.29) is 20.9 Å². The molecule has 0 saturated heterocycles. The number of hydrogen-bond acceptors (Lipinski definition) is 4. The number of aryl methyl sites for hydroxylation is 1. The number of H-pyrrole nitrogens is 1. The number of rotatable bonds is 3. The molecule has 0 radical (unpaired) electrons. The van der Waals surface area contributed by atoms with Crippen molar-refractivity contribution in [3.63, 3.8) is 0 Å². The third-order valence-corrected chi connectivity index (χ3v) is 9.03. The molecule has 0 unspecified atom stereocenters. The summed E-state index contributed by atoms with van der Waals surface area (Å²) in [5, 5.41) is 37.8. The molecular weight excluding hydrogens is 554 g/mol. The van der Waals surface area contributed by atoms with Crippen LogP contribution in [0.4, 0.5) is 0 Å². The Kier molecular flexibility index (Phi) is 8.69. The third kappa shape index (κ3) is 6.07. The van der Waals surface area contributed by atoms with Gasteiger partial charge in [-0.2, -0.15) is 4.98 Å². The predicted octanol–water partition coefficient (Wildman–Crippen LogP) is 8.19. The summed E-state index contributed by atoms with van der Waals surface area (Å²) < 4.78 is 1.19. The first-order valence-corrected chi connectivity index (χ1v) is 14.7. The zero-order chi connectivity index (χ0) is 28.3. The van der Waals surface area contributed by atoms with Gasteiger partial charge in [0, 0.05) is 11.0 Å². The van der Waals surface area contributed by atoms with Crippen LogP contribution >= 0.6 is 23.1 Å². The molecule has 0 saturated carbocycles. The number of nitrogens with one attached hydrogen (secondary N) is 1. The van der Waals surface area contributed by atoms with E-state index < -0.39 is 0 Å². The number of aromatic amines is 1. The molecule has 200 valence electrons. The SMILES string of the molecule is Cc1ccccc1SC(=[N-])c1cc2ccccc2cc1[O-].Oc1cc2ccccc2cc1-c1[nH+]c2ccccc2s1.[Be+2]. The molecule has 0 spiro atoms. The van der Waals surface area contributed by atoms with Crippen molar-refractivity contribution in [3.8, 4) is 22.1 Å². The summed E-state index contributed by atoms with van der Waals surface area (Å²) >= 11 is 2.88. The van der Waals surface area contributed by atoms with Gasteiger partial charge in [0.2, 0.25) is 5.52 Å². The maximum absolute atomic E-state index is 12.2. The zero-order valence-corrected chi connectivity index (χ0v) is 24.5. The van der Waals surface area contributed by atoms with Gasteiger partial charge in [0.1, 0.15) is 10.4 Å². The quantitative estimate of drug-likeness (QED) is 0.0993. The van der Waals surface area contributed by atoms with Crippen molar-refractivity contribution in [3.05, 3.63) is 138 Å². The second kappa shape index (κ2) is 12.6. The van der Waals surface area contributed by atoms with Crippen LogP contribution in [0.2, 0.25) is 0 Å². The largest absolute Gasteiger partial charge is 2.00 e. The topological polar surface area (TPSA) is 79.7 Å². The number of para-hydroxylation sites is 1. The van der Waals surface area contributed by atoms with Gasteiger partial charge in [-0.1, -0.05) is 96.3 Å². The molecular formula is C35H25BeN2O2S2+. The van der Waals surface area contributed by atoms with Crippen LogP contribution in [0, 0.1) is 6.92 Å². The fourth-order valence-electron chi connectivity index (χ4n) is 4.67. The molecule has 0 fully saturated rings. The number of fused-ring (bicyclic) bond motifs is 3. The Morgan fingerprint density at radius 3 is 2.02 bits per heavy atom. The van der Waals surface area contributed by atoms with Crippen LogP contribution in [-0.4, -0.2) is 20.3 Å². The number of hydrogen-bond donors (Lipinski definition) is 1. The third-order valence-electron chi connectivity index (χ3n) is 6.83. The second-order valence-electron chi connectivity index (χ2n) is 9.64. The van der Waals surface area contributed by atoms with Gasteiger partial charge in [0.25, 0.3) is 5.01 Å². The first-order chi connectivity index (χ1) is 20.0. The van der Waals surface area contributed by atoms with Crippen molar-refractivity contribution < 1.29 is 15.2 Å². The molecule has 4 nitrogen and oxygen atoms in total. The van der Waals surface area contributed by atoms with E-state index in [2.05, 4.69) is 17.1 Å². The predicted molar refractivity (Wildman–Crippen MR) is 177 cm³/mol. The van der Waals surface area contributed by atoms with E-state index in [9.17, 15) is 15.6 Å². The van der Waals surface area contributed by atoms with Crippen LogP contribution in [0.15, 0.2) is 126 Å². The summed E-state index contributed by atoms with van der Waals surface area (Å²) in [6.07, 6.45) is 0.